The average molecular weight is 430 g/mol. The number of carbonyl (C=O) groups excluding carboxylic acids is 1. The van der Waals surface area contributed by atoms with Gasteiger partial charge in [-0.05, 0) is 57.4 Å². The number of aromatic nitrogens is 4. The van der Waals surface area contributed by atoms with Gasteiger partial charge in [0, 0.05) is 23.9 Å². The molecule has 5 rings (SSSR count). The number of thiophene rings is 1. The van der Waals surface area contributed by atoms with Crippen molar-refractivity contribution in [3.8, 4) is 0 Å². The lowest BCUT2D eigenvalue weighted by Gasteiger charge is -2.18. The van der Waals surface area contributed by atoms with Crippen LogP contribution in [0.4, 0.5) is 0 Å². The monoisotopic (exact) mass is 429 g/mol. The smallest absolute Gasteiger partial charge is 0.233 e. The van der Waals surface area contributed by atoms with Crippen LogP contribution in [-0.4, -0.2) is 49.2 Å². The van der Waals surface area contributed by atoms with E-state index in [-0.39, 0.29) is 5.91 Å². The van der Waals surface area contributed by atoms with Gasteiger partial charge in [-0.2, -0.15) is 0 Å². The van der Waals surface area contributed by atoms with Crippen molar-refractivity contribution in [3.05, 3.63) is 16.3 Å². The summed E-state index contributed by atoms with van der Waals surface area (Å²) in [6.07, 6.45) is 5.83. The van der Waals surface area contributed by atoms with E-state index in [0.717, 1.165) is 53.3 Å². The van der Waals surface area contributed by atoms with Gasteiger partial charge in [0.2, 0.25) is 5.91 Å². The van der Waals surface area contributed by atoms with Crippen LogP contribution >= 0.6 is 23.1 Å². The molecular formula is C21H27N5OS2. The first-order chi connectivity index (χ1) is 14.1. The van der Waals surface area contributed by atoms with E-state index in [0.29, 0.717) is 11.7 Å². The molecule has 8 heteroatoms. The summed E-state index contributed by atoms with van der Waals surface area (Å²) in [5.74, 6) is 2.87. The Morgan fingerprint density at radius 3 is 2.76 bits per heavy atom. The van der Waals surface area contributed by atoms with E-state index >= 15 is 0 Å². The molecule has 0 bridgehead atoms. The van der Waals surface area contributed by atoms with Crippen molar-refractivity contribution in [2.75, 3.05) is 18.8 Å². The zero-order chi connectivity index (χ0) is 20.1. The lowest BCUT2D eigenvalue weighted by molar-refractivity contribution is -0.127. The lowest BCUT2D eigenvalue weighted by Crippen LogP contribution is -2.31. The summed E-state index contributed by atoms with van der Waals surface area (Å²) < 4.78 is 2.16. The van der Waals surface area contributed by atoms with E-state index < -0.39 is 0 Å². The quantitative estimate of drug-likeness (QED) is 0.547. The summed E-state index contributed by atoms with van der Waals surface area (Å²) in [4.78, 5) is 22.1. The van der Waals surface area contributed by atoms with Crippen molar-refractivity contribution in [3.63, 3.8) is 0 Å². The summed E-state index contributed by atoms with van der Waals surface area (Å²) in [5.41, 5.74) is 2.38. The minimum Gasteiger partial charge on any atom is -0.343 e. The Labute approximate surface area is 179 Å². The van der Waals surface area contributed by atoms with E-state index in [9.17, 15) is 4.79 Å². The Morgan fingerprint density at radius 1 is 1.24 bits per heavy atom. The van der Waals surface area contributed by atoms with E-state index in [1.807, 2.05) is 30.1 Å². The fraction of sp³-hybridized carbons (Fsp3) is 0.619. The molecule has 3 heterocycles. The molecule has 3 aromatic rings. The summed E-state index contributed by atoms with van der Waals surface area (Å²) >= 11 is 3.35. The van der Waals surface area contributed by atoms with Crippen LogP contribution in [0.25, 0.3) is 15.9 Å². The van der Waals surface area contributed by atoms with Crippen LogP contribution in [0.2, 0.25) is 0 Å². The fourth-order valence-electron chi connectivity index (χ4n) is 4.34. The molecule has 2 aliphatic carbocycles. The lowest BCUT2D eigenvalue weighted by atomic mass is 9.89. The van der Waals surface area contributed by atoms with Crippen LogP contribution in [0, 0.1) is 5.92 Å². The number of aryl methyl sites for hydroxylation is 1. The van der Waals surface area contributed by atoms with Crippen molar-refractivity contribution in [1.82, 2.24) is 24.5 Å². The molecule has 0 radical (unpaired) electrons. The molecule has 0 spiro atoms. The normalized spacial score (nSPS) is 19.1. The molecule has 2 aliphatic rings. The van der Waals surface area contributed by atoms with Crippen molar-refractivity contribution >= 4 is 44.9 Å². The van der Waals surface area contributed by atoms with Gasteiger partial charge in [-0.1, -0.05) is 18.7 Å². The van der Waals surface area contributed by atoms with Crippen molar-refractivity contribution in [1.29, 1.82) is 0 Å². The number of thioether (sulfide) groups is 1. The molecule has 3 aromatic heterocycles. The number of fused-ring (bicyclic) bond motifs is 5. The predicted molar refractivity (Wildman–Crippen MR) is 118 cm³/mol. The first-order valence-corrected chi connectivity index (χ1v) is 12.5. The second-order valence-corrected chi connectivity index (χ2v) is 10.3. The van der Waals surface area contributed by atoms with E-state index in [1.54, 1.807) is 0 Å². The highest BCUT2D eigenvalue weighted by molar-refractivity contribution is 7.99. The van der Waals surface area contributed by atoms with E-state index in [4.69, 9.17) is 4.98 Å². The summed E-state index contributed by atoms with van der Waals surface area (Å²) in [6, 6.07) is 0. The SMILES string of the molecule is CCN(CC)C(=O)CSc1nnc2c3c4c(sc3nc(C3CC3)n12)C[C@H](C)CC4. The summed E-state index contributed by atoms with van der Waals surface area (Å²) in [5, 5.41) is 11.1. The van der Waals surface area contributed by atoms with E-state index in [1.165, 1.54) is 46.9 Å². The standard InChI is InChI=1S/C21H27N5OS2/c1-4-25(5-2)16(27)11-28-21-24-23-19-17-14-9-6-12(3)10-15(14)29-20(17)22-18(26(19)21)13-7-8-13/h12-13H,4-11H2,1-3H3/t12-/m1/s1. The van der Waals surface area contributed by atoms with Crippen LogP contribution in [0.15, 0.2) is 5.16 Å². The number of nitrogens with zero attached hydrogens (tertiary/aromatic N) is 5. The van der Waals surface area contributed by atoms with Crippen LogP contribution in [0.3, 0.4) is 0 Å². The number of hydrogen-bond donors (Lipinski definition) is 0. The molecule has 29 heavy (non-hydrogen) atoms. The second-order valence-electron chi connectivity index (χ2n) is 8.27. The molecular weight excluding hydrogens is 402 g/mol. The molecule has 0 aromatic carbocycles. The summed E-state index contributed by atoms with van der Waals surface area (Å²) in [7, 11) is 0. The highest BCUT2D eigenvalue weighted by atomic mass is 32.2. The van der Waals surface area contributed by atoms with Gasteiger partial charge in [0.1, 0.15) is 10.7 Å². The molecule has 6 nitrogen and oxygen atoms in total. The maximum atomic E-state index is 12.5. The molecule has 1 atom stereocenters. The third-order valence-corrected chi connectivity index (χ3v) is 8.24. The Kier molecular flexibility index (Phi) is 5.02. The van der Waals surface area contributed by atoms with Crippen LogP contribution in [-0.2, 0) is 17.6 Å². The fourth-order valence-corrected chi connectivity index (χ4v) is 6.57. The molecule has 1 saturated carbocycles. The largest absolute Gasteiger partial charge is 0.343 e. The highest BCUT2D eigenvalue weighted by Crippen LogP contribution is 2.44. The maximum absolute atomic E-state index is 12.5. The Hall–Kier alpha value is -1.67. The highest BCUT2D eigenvalue weighted by Gasteiger charge is 2.32. The van der Waals surface area contributed by atoms with Gasteiger partial charge in [0.25, 0.3) is 0 Å². The topological polar surface area (TPSA) is 63.4 Å². The van der Waals surface area contributed by atoms with Gasteiger partial charge in [-0.3, -0.25) is 9.20 Å². The van der Waals surface area contributed by atoms with Crippen LogP contribution in [0.5, 0.6) is 0 Å². The minimum atomic E-state index is 0.153. The molecule has 0 saturated heterocycles. The first kappa shape index (κ1) is 19.3. The molecule has 1 fully saturated rings. The van der Waals surface area contributed by atoms with Gasteiger partial charge in [0.15, 0.2) is 10.8 Å². The van der Waals surface area contributed by atoms with Crippen molar-refractivity contribution in [2.45, 2.75) is 63.9 Å². The van der Waals surface area contributed by atoms with Crippen LogP contribution < -0.4 is 0 Å². The predicted octanol–water partition coefficient (Wildman–Crippen LogP) is 4.30. The number of carbonyl (C=O) groups is 1. The van der Waals surface area contributed by atoms with Crippen molar-refractivity contribution < 1.29 is 4.79 Å². The van der Waals surface area contributed by atoms with E-state index in [2.05, 4.69) is 21.5 Å². The van der Waals surface area contributed by atoms with Gasteiger partial charge in [-0.25, -0.2) is 4.98 Å². The number of rotatable bonds is 6. The zero-order valence-electron chi connectivity index (χ0n) is 17.3. The maximum Gasteiger partial charge on any atom is 0.233 e. The van der Waals surface area contributed by atoms with Crippen molar-refractivity contribution in [2.24, 2.45) is 5.92 Å². The van der Waals surface area contributed by atoms with Gasteiger partial charge in [-0.15, -0.1) is 21.5 Å². The zero-order valence-corrected chi connectivity index (χ0v) is 18.9. The molecule has 0 N–H and O–H groups in total. The first-order valence-electron chi connectivity index (χ1n) is 10.7. The third-order valence-electron chi connectivity index (χ3n) is 6.18. The Morgan fingerprint density at radius 2 is 2.03 bits per heavy atom. The Balaban J connectivity index is 1.58. The molecule has 154 valence electrons. The van der Waals surface area contributed by atoms with Gasteiger partial charge >= 0.3 is 0 Å². The average Bonchev–Trinajstić information content (AvgIpc) is 3.37. The minimum absolute atomic E-state index is 0.153. The Bertz CT molecular complexity index is 1080. The van der Waals surface area contributed by atoms with Gasteiger partial charge in [0.05, 0.1) is 11.1 Å². The second kappa shape index (κ2) is 7.54. The molecule has 1 amide bonds. The van der Waals surface area contributed by atoms with Crippen LogP contribution in [0.1, 0.15) is 62.2 Å². The molecule has 0 aliphatic heterocycles. The number of hydrogen-bond acceptors (Lipinski definition) is 6. The molecule has 0 unspecified atom stereocenters. The summed E-state index contributed by atoms with van der Waals surface area (Å²) in [6.45, 7) is 7.86. The third kappa shape index (κ3) is 3.34. The number of amides is 1. The van der Waals surface area contributed by atoms with Gasteiger partial charge < -0.3 is 4.90 Å².